The number of fused-ring (bicyclic) bond motifs is 3. The lowest BCUT2D eigenvalue weighted by Crippen LogP contribution is -2.61. The molecular formula is C65H105NO16. The van der Waals surface area contributed by atoms with Gasteiger partial charge in [0.05, 0.1) is 42.7 Å². The van der Waals surface area contributed by atoms with E-state index in [9.17, 15) is 39.0 Å². The van der Waals surface area contributed by atoms with Crippen LogP contribution in [0.4, 0.5) is 0 Å². The summed E-state index contributed by atoms with van der Waals surface area (Å²) in [5.74, 6) is -8.70. The number of cyclic esters (lactones) is 1. The molecule has 15 atom stereocenters. The van der Waals surface area contributed by atoms with Crippen LogP contribution in [-0.4, -0.2) is 157 Å². The van der Waals surface area contributed by atoms with E-state index in [2.05, 4.69) is 13.0 Å². The minimum atomic E-state index is -2.46. The Labute approximate surface area is 491 Å². The van der Waals surface area contributed by atoms with Crippen LogP contribution in [0.3, 0.4) is 0 Å². The fourth-order valence-corrected chi connectivity index (χ4v) is 11.4. The van der Waals surface area contributed by atoms with Crippen molar-refractivity contribution in [3.63, 3.8) is 0 Å². The molecule has 4 rings (SSSR count). The van der Waals surface area contributed by atoms with Crippen LogP contribution in [0.1, 0.15) is 180 Å². The maximum absolute atomic E-state index is 14.7. The lowest BCUT2D eigenvalue weighted by atomic mass is 9.78. The van der Waals surface area contributed by atoms with E-state index in [0.717, 1.165) is 5.57 Å². The van der Waals surface area contributed by atoms with E-state index in [1.807, 2.05) is 86.6 Å². The second-order valence-corrected chi connectivity index (χ2v) is 26.7. The van der Waals surface area contributed by atoms with Crippen LogP contribution in [0.2, 0.25) is 0 Å². The number of carbonyl (C=O) groups excluding carboxylic acids is 6. The fourth-order valence-electron chi connectivity index (χ4n) is 11.4. The van der Waals surface area contributed by atoms with Crippen molar-refractivity contribution >= 4 is 35.2 Å². The Hall–Kier alpha value is -3.94. The van der Waals surface area contributed by atoms with Gasteiger partial charge in [-0.15, -0.1) is 0 Å². The van der Waals surface area contributed by atoms with Gasteiger partial charge in [-0.05, 0) is 162 Å². The molecule has 0 aromatic rings. The van der Waals surface area contributed by atoms with Crippen molar-refractivity contribution in [3.8, 4) is 0 Å². The first-order chi connectivity index (χ1) is 38.3. The normalized spacial score (nSPS) is 35.2. The Morgan fingerprint density at radius 2 is 1.44 bits per heavy atom. The summed E-state index contributed by atoms with van der Waals surface area (Å²) >= 11 is 0. The Kier molecular flexibility index (Phi) is 27.1. The highest BCUT2D eigenvalue weighted by Crippen LogP contribution is 2.39. The number of aliphatic hydroxyl groups is 2. The van der Waals surface area contributed by atoms with Gasteiger partial charge in [-0.3, -0.25) is 24.0 Å². The van der Waals surface area contributed by atoms with Gasteiger partial charge < -0.3 is 53.0 Å². The van der Waals surface area contributed by atoms with Crippen LogP contribution in [0.25, 0.3) is 0 Å². The first-order valence-electron chi connectivity index (χ1n) is 30.3. The highest BCUT2D eigenvalue weighted by molar-refractivity contribution is 6.39. The topological polar surface area (TPSA) is 220 Å². The molecule has 17 heteroatoms. The molecule has 4 aliphatic rings. The van der Waals surface area contributed by atoms with Crippen molar-refractivity contribution in [2.24, 2.45) is 40.9 Å². The van der Waals surface area contributed by atoms with E-state index in [1.165, 1.54) is 12.0 Å². The van der Waals surface area contributed by atoms with Crippen molar-refractivity contribution in [2.75, 3.05) is 41.1 Å². The van der Waals surface area contributed by atoms with Crippen molar-refractivity contribution in [2.45, 2.75) is 246 Å². The fraction of sp³-hybridized carbons (Fsp3) is 0.785. The highest BCUT2D eigenvalue weighted by atomic mass is 16.6. The van der Waals surface area contributed by atoms with E-state index < -0.39 is 118 Å². The summed E-state index contributed by atoms with van der Waals surface area (Å²) in [5.41, 5.74) is -0.883. The summed E-state index contributed by atoms with van der Waals surface area (Å²) in [5, 5.41) is 23.7. The second kappa shape index (κ2) is 31.4. The Morgan fingerprint density at radius 3 is 2.05 bits per heavy atom. The number of hydrogen-bond acceptors (Lipinski definition) is 16. The summed E-state index contributed by atoms with van der Waals surface area (Å²) in [4.78, 5) is 87.3. The minimum absolute atomic E-state index is 0.00788. The molecule has 0 radical (unpaired) electrons. The number of ketones is 3. The van der Waals surface area contributed by atoms with Gasteiger partial charge in [0, 0.05) is 58.5 Å². The molecule has 17 nitrogen and oxygen atoms in total. The Balaban J connectivity index is 1.68. The smallest absolute Gasteiger partial charge is 0.329 e. The van der Waals surface area contributed by atoms with Crippen LogP contribution in [-0.2, 0) is 66.7 Å². The molecule has 3 fully saturated rings. The van der Waals surface area contributed by atoms with E-state index in [1.54, 1.807) is 48.0 Å². The van der Waals surface area contributed by atoms with Gasteiger partial charge in [0.25, 0.3) is 11.7 Å². The molecule has 0 spiro atoms. The lowest BCUT2D eigenvalue weighted by molar-refractivity contribution is -0.265. The number of ether oxygens (including phenoxy) is 8. The van der Waals surface area contributed by atoms with Gasteiger partial charge in [-0.1, -0.05) is 71.1 Å². The average Bonchev–Trinajstić information content (AvgIpc) is 3.61. The zero-order valence-electron chi connectivity index (χ0n) is 52.9. The van der Waals surface area contributed by atoms with Crippen molar-refractivity contribution in [3.05, 3.63) is 47.6 Å². The predicted octanol–water partition coefficient (Wildman–Crippen LogP) is 9.76. The van der Waals surface area contributed by atoms with Gasteiger partial charge in [0.2, 0.25) is 5.79 Å². The van der Waals surface area contributed by atoms with Gasteiger partial charge in [0.15, 0.2) is 5.78 Å². The number of allylic oxidation sites excluding steroid dienone is 6. The number of rotatable bonds is 12. The first-order valence-corrected chi connectivity index (χ1v) is 30.3. The number of amides is 1. The standard InChI is InChI=1S/C65H105NO16/c1-40-23-19-18-20-24-41(2)52(75-15)36-48-30-28-46(7)65(74,82-48)58(70)59(71)66-32-22-21-25-49(66)60(72)80-53(37-50(67)43(4)33-45(6)56(69)57(77-17)55(68)42(3)27-26-40)44(5)34-47-29-31-51(54(35-47)76-16)81-61(73)64(14,38-78-62(8,9)10)39-79-63(11,12)13/h18-20,23-24,33,40,42-44,46-49,51-54,56-57,69,74H,21-22,25-32,34-39H2,1-17H3/b20-18+,23-19+,41-24+,45-33+/t40-,42-,43-,44-,46-,47?,48+,49+,51-,52+,53+,54-,56-,57+,65-/m1/s1. The molecule has 0 aromatic heterocycles. The lowest BCUT2D eigenvalue weighted by Gasteiger charge is -2.42. The van der Waals surface area contributed by atoms with Gasteiger partial charge in [0.1, 0.15) is 41.7 Å². The number of methoxy groups -OCH3 is 3. The van der Waals surface area contributed by atoms with Crippen LogP contribution in [0.15, 0.2) is 47.6 Å². The second-order valence-electron chi connectivity index (χ2n) is 26.7. The van der Waals surface area contributed by atoms with Gasteiger partial charge in [-0.25, -0.2) is 4.79 Å². The summed E-state index contributed by atoms with van der Waals surface area (Å²) in [7, 11) is 4.55. The first kappa shape index (κ1) is 70.5. The third-order valence-corrected chi connectivity index (χ3v) is 17.2. The summed E-state index contributed by atoms with van der Waals surface area (Å²) in [6.45, 7) is 26.3. The maximum Gasteiger partial charge on any atom is 0.329 e. The average molecular weight is 1160 g/mol. The summed E-state index contributed by atoms with van der Waals surface area (Å²) in [6, 6.07) is -1.19. The molecule has 3 aliphatic heterocycles. The number of nitrogens with zero attached hydrogens (tertiary/aromatic N) is 1. The van der Waals surface area contributed by atoms with E-state index in [4.69, 9.17) is 37.9 Å². The molecule has 1 aliphatic carbocycles. The molecule has 82 heavy (non-hydrogen) atoms. The number of carbonyl (C=O) groups is 6. The number of esters is 2. The zero-order valence-corrected chi connectivity index (χ0v) is 52.9. The molecular weight excluding hydrogens is 1050 g/mol. The largest absolute Gasteiger partial charge is 0.460 e. The maximum atomic E-state index is 14.7. The predicted molar refractivity (Wildman–Crippen MR) is 313 cm³/mol. The number of aliphatic hydroxyl groups excluding tert-OH is 1. The van der Waals surface area contributed by atoms with Gasteiger partial charge >= 0.3 is 11.9 Å². The minimum Gasteiger partial charge on any atom is -0.460 e. The summed E-state index contributed by atoms with van der Waals surface area (Å²) in [6.07, 6.45) is 11.3. The number of hydrogen-bond donors (Lipinski definition) is 2. The zero-order chi connectivity index (χ0) is 61.5. The van der Waals surface area contributed by atoms with Crippen LogP contribution in [0.5, 0.6) is 0 Å². The SMILES string of the molecule is CO[C@H]1C[C@@H]2CC[C@@H](C)[C@@](O)(O2)C(=O)C(=O)N2CCCC[C@H]2C(=O)O[C@H]([C@H](C)CC2CC[C@@H](OC(=O)C(C)(COC(C)(C)C)COC(C)(C)C)[C@H](OC)C2)CC(=O)[C@H](C)/C=C(\C)[C@@H](O)[C@@H](OC)C(=O)[C@H](C)CC[C@H](C)/C=C/C=C/C=C/1C. The molecule has 1 amide bonds. The van der Waals surface area contributed by atoms with E-state index in [-0.39, 0.29) is 56.0 Å². The van der Waals surface area contributed by atoms with E-state index >= 15 is 0 Å². The van der Waals surface area contributed by atoms with Crippen molar-refractivity contribution in [1.29, 1.82) is 0 Å². The number of Topliss-reactive ketones (excluding diaryl/α,β-unsaturated/α-hetero) is 3. The molecule has 3 heterocycles. The molecule has 2 bridgehead atoms. The van der Waals surface area contributed by atoms with Gasteiger partial charge in [-0.2, -0.15) is 0 Å². The van der Waals surface area contributed by atoms with Crippen LogP contribution in [0, 0.1) is 40.9 Å². The van der Waals surface area contributed by atoms with Crippen molar-refractivity contribution < 1.29 is 76.9 Å². The van der Waals surface area contributed by atoms with Crippen LogP contribution < -0.4 is 0 Å². The Bertz CT molecular complexity index is 2240. The molecule has 2 N–H and O–H groups in total. The van der Waals surface area contributed by atoms with E-state index in [0.29, 0.717) is 76.2 Å². The molecule has 1 unspecified atom stereocenters. The quantitative estimate of drug-likeness (QED) is 0.105. The highest BCUT2D eigenvalue weighted by Gasteiger charge is 2.53. The number of piperidine rings is 1. The molecule has 0 aromatic carbocycles. The third-order valence-electron chi connectivity index (χ3n) is 17.2. The molecule has 2 saturated heterocycles. The third kappa shape index (κ3) is 20.4. The van der Waals surface area contributed by atoms with Crippen molar-refractivity contribution in [1.82, 2.24) is 4.90 Å². The summed E-state index contributed by atoms with van der Waals surface area (Å²) < 4.78 is 48.6. The van der Waals surface area contributed by atoms with Crippen LogP contribution >= 0.6 is 0 Å². The monoisotopic (exact) mass is 1160 g/mol. The molecule has 1 saturated carbocycles. The molecule has 466 valence electrons. The Morgan fingerprint density at radius 1 is 0.780 bits per heavy atom.